The molecule has 148 valence electrons. The van der Waals surface area contributed by atoms with Gasteiger partial charge < -0.3 is 14.8 Å². The van der Waals surface area contributed by atoms with Gasteiger partial charge in [-0.3, -0.25) is 14.6 Å². The zero-order chi connectivity index (χ0) is 20.4. The van der Waals surface area contributed by atoms with Gasteiger partial charge in [0.2, 0.25) is 5.91 Å². The number of pyridine rings is 1. The second kappa shape index (κ2) is 7.91. The minimum absolute atomic E-state index is 0.0784. The van der Waals surface area contributed by atoms with Gasteiger partial charge in [0.15, 0.2) is 0 Å². The van der Waals surface area contributed by atoms with E-state index in [1.54, 1.807) is 12.4 Å². The number of benzene rings is 1. The Balaban J connectivity index is 1.63. The van der Waals surface area contributed by atoms with Crippen LogP contribution in [0.4, 0.5) is 5.69 Å². The zero-order valence-corrected chi connectivity index (χ0v) is 16.6. The first-order valence-electron chi connectivity index (χ1n) is 9.79. The molecule has 29 heavy (non-hydrogen) atoms. The number of nitrogens with one attached hydrogen (secondary N) is 1. The number of amides is 2. The Bertz CT molecular complexity index is 1040. The van der Waals surface area contributed by atoms with Crippen LogP contribution in [-0.4, -0.2) is 21.4 Å². The van der Waals surface area contributed by atoms with Crippen LogP contribution in [0.1, 0.15) is 41.2 Å². The van der Waals surface area contributed by atoms with E-state index >= 15 is 0 Å². The quantitative estimate of drug-likeness (QED) is 0.745. The molecule has 0 fully saturated rings. The van der Waals surface area contributed by atoms with E-state index in [1.165, 1.54) is 0 Å². The smallest absolute Gasteiger partial charge is 0.268 e. The molecule has 0 radical (unpaired) electrons. The largest absolute Gasteiger partial charge is 0.347 e. The Kier molecular flexibility index (Phi) is 5.16. The van der Waals surface area contributed by atoms with Crippen molar-refractivity contribution in [1.82, 2.24) is 14.9 Å². The van der Waals surface area contributed by atoms with Gasteiger partial charge in [-0.05, 0) is 35.4 Å². The van der Waals surface area contributed by atoms with Gasteiger partial charge in [-0.15, -0.1) is 0 Å². The van der Waals surface area contributed by atoms with Crippen molar-refractivity contribution < 1.29 is 9.59 Å². The maximum atomic E-state index is 12.9. The summed E-state index contributed by atoms with van der Waals surface area (Å²) in [5, 5.41) is 2.97. The molecule has 0 saturated carbocycles. The van der Waals surface area contributed by atoms with Crippen molar-refractivity contribution in [3.63, 3.8) is 0 Å². The lowest BCUT2D eigenvalue weighted by molar-refractivity contribution is -0.121. The molecular formula is C23H24N4O2. The summed E-state index contributed by atoms with van der Waals surface area (Å²) in [5.74, 6) is -0.164. The van der Waals surface area contributed by atoms with Crippen LogP contribution in [0.5, 0.6) is 0 Å². The molecule has 0 spiro atoms. The van der Waals surface area contributed by atoms with Crippen LogP contribution in [0.2, 0.25) is 0 Å². The number of rotatable bonds is 4. The van der Waals surface area contributed by atoms with E-state index in [2.05, 4.69) is 10.3 Å². The number of carbonyl (C=O) groups excluding carboxylic acids is 2. The number of carbonyl (C=O) groups is 2. The van der Waals surface area contributed by atoms with Crippen LogP contribution in [0, 0.1) is 5.92 Å². The fraction of sp³-hybridized carbons (Fsp3) is 0.261. The first kappa shape index (κ1) is 18.9. The number of nitrogens with zero attached hydrogens (tertiary/aromatic N) is 3. The predicted octanol–water partition coefficient (Wildman–Crippen LogP) is 3.36. The highest BCUT2D eigenvalue weighted by Crippen LogP contribution is 2.30. The molecule has 3 aromatic rings. The van der Waals surface area contributed by atoms with Gasteiger partial charge in [0.1, 0.15) is 5.69 Å². The first-order valence-corrected chi connectivity index (χ1v) is 9.79. The fourth-order valence-corrected chi connectivity index (χ4v) is 3.64. The molecule has 6 nitrogen and oxygen atoms in total. The summed E-state index contributed by atoms with van der Waals surface area (Å²) in [6.45, 7) is 5.24. The number of hydrogen-bond donors (Lipinski definition) is 1. The van der Waals surface area contributed by atoms with E-state index in [-0.39, 0.29) is 17.7 Å². The van der Waals surface area contributed by atoms with Crippen molar-refractivity contribution >= 4 is 17.5 Å². The Morgan fingerprint density at radius 1 is 1.07 bits per heavy atom. The molecule has 0 aliphatic carbocycles. The summed E-state index contributed by atoms with van der Waals surface area (Å²) in [4.78, 5) is 31.6. The van der Waals surface area contributed by atoms with Crippen molar-refractivity contribution in [2.45, 2.75) is 33.5 Å². The van der Waals surface area contributed by atoms with Crippen LogP contribution in [0.25, 0.3) is 0 Å². The van der Waals surface area contributed by atoms with Crippen molar-refractivity contribution in [2.75, 3.05) is 4.90 Å². The lowest BCUT2D eigenvalue weighted by Crippen LogP contribution is -2.34. The standard InChI is InChI=1S/C23H24N4O2/c1-16(2)23(29)27-15-19-9-10-21(22(28)25-13-17-6-5-11-24-12-17)26(19)14-18-7-3-4-8-20(18)27/h3-12,16H,13-15H2,1-2H3,(H,25,28). The predicted molar refractivity (Wildman–Crippen MR) is 111 cm³/mol. The van der Waals surface area contributed by atoms with E-state index in [0.717, 1.165) is 22.5 Å². The average molecular weight is 388 g/mol. The number of anilines is 1. The molecule has 6 heteroatoms. The summed E-state index contributed by atoms with van der Waals surface area (Å²) in [5.41, 5.74) is 4.43. The van der Waals surface area contributed by atoms with Gasteiger partial charge in [-0.25, -0.2) is 0 Å². The Morgan fingerprint density at radius 2 is 1.90 bits per heavy atom. The second-order valence-corrected chi connectivity index (χ2v) is 7.55. The van der Waals surface area contributed by atoms with E-state index in [4.69, 9.17) is 0 Å². The monoisotopic (exact) mass is 388 g/mol. The third-order valence-corrected chi connectivity index (χ3v) is 5.17. The van der Waals surface area contributed by atoms with Gasteiger partial charge >= 0.3 is 0 Å². The molecule has 1 N–H and O–H groups in total. The molecule has 0 bridgehead atoms. The minimum Gasteiger partial charge on any atom is -0.347 e. The third-order valence-electron chi connectivity index (χ3n) is 5.17. The summed E-state index contributed by atoms with van der Waals surface area (Å²) >= 11 is 0. The van der Waals surface area contributed by atoms with Crippen LogP contribution >= 0.6 is 0 Å². The van der Waals surface area contributed by atoms with Crippen LogP contribution in [0.3, 0.4) is 0 Å². The van der Waals surface area contributed by atoms with Crippen LogP contribution in [0.15, 0.2) is 60.9 Å². The van der Waals surface area contributed by atoms with Crippen molar-refractivity contribution in [1.29, 1.82) is 0 Å². The summed E-state index contributed by atoms with van der Waals surface area (Å²) < 4.78 is 2.00. The van der Waals surface area contributed by atoms with Crippen molar-refractivity contribution in [3.8, 4) is 0 Å². The summed E-state index contributed by atoms with van der Waals surface area (Å²) in [6, 6.07) is 15.5. The van der Waals surface area contributed by atoms with E-state index in [1.807, 2.05) is 71.8 Å². The molecule has 1 aliphatic rings. The van der Waals surface area contributed by atoms with Crippen molar-refractivity contribution in [2.24, 2.45) is 5.92 Å². The lowest BCUT2D eigenvalue weighted by Gasteiger charge is -2.24. The number of aromatic nitrogens is 2. The Morgan fingerprint density at radius 3 is 2.66 bits per heavy atom. The molecule has 4 rings (SSSR count). The maximum Gasteiger partial charge on any atom is 0.268 e. The second-order valence-electron chi connectivity index (χ2n) is 7.55. The summed E-state index contributed by atoms with van der Waals surface area (Å²) in [7, 11) is 0. The highest BCUT2D eigenvalue weighted by atomic mass is 16.2. The maximum absolute atomic E-state index is 12.9. The fourth-order valence-electron chi connectivity index (χ4n) is 3.64. The Labute approximate surface area is 170 Å². The van der Waals surface area contributed by atoms with Crippen LogP contribution < -0.4 is 10.2 Å². The van der Waals surface area contributed by atoms with Gasteiger partial charge in [-0.2, -0.15) is 0 Å². The molecule has 1 aromatic carbocycles. The lowest BCUT2D eigenvalue weighted by atomic mass is 10.1. The zero-order valence-electron chi connectivity index (χ0n) is 16.6. The topological polar surface area (TPSA) is 67.2 Å². The van der Waals surface area contributed by atoms with Crippen molar-refractivity contribution in [3.05, 3.63) is 83.4 Å². The van der Waals surface area contributed by atoms with Crippen LogP contribution in [-0.2, 0) is 24.4 Å². The van der Waals surface area contributed by atoms with E-state index < -0.39 is 0 Å². The van der Waals surface area contributed by atoms with Gasteiger partial charge in [0, 0.05) is 36.2 Å². The molecule has 2 amide bonds. The molecule has 2 aromatic heterocycles. The molecule has 0 atom stereocenters. The van der Waals surface area contributed by atoms with Gasteiger partial charge in [0.05, 0.1) is 13.1 Å². The highest BCUT2D eigenvalue weighted by Gasteiger charge is 2.27. The minimum atomic E-state index is -0.138. The van der Waals surface area contributed by atoms with Gasteiger partial charge in [-0.1, -0.05) is 38.1 Å². The number of hydrogen-bond acceptors (Lipinski definition) is 3. The molecular weight excluding hydrogens is 364 g/mol. The molecule has 1 aliphatic heterocycles. The number of fused-ring (bicyclic) bond motifs is 2. The van der Waals surface area contributed by atoms with E-state index in [9.17, 15) is 9.59 Å². The summed E-state index contributed by atoms with van der Waals surface area (Å²) in [6.07, 6.45) is 3.45. The molecule has 0 unspecified atom stereocenters. The van der Waals surface area contributed by atoms with Gasteiger partial charge in [0.25, 0.3) is 5.91 Å². The molecule has 0 saturated heterocycles. The SMILES string of the molecule is CC(C)C(=O)N1Cc2ccc(C(=O)NCc3cccnc3)n2Cc2ccccc21. The third kappa shape index (κ3) is 3.78. The van der Waals surface area contributed by atoms with E-state index in [0.29, 0.717) is 25.3 Å². The molecule has 3 heterocycles. The highest BCUT2D eigenvalue weighted by molar-refractivity contribution is 5.96. The first-order chi connectivity index (χ1) is 14.0. The average Bonchev–Trinajstić information content (AvgIpc) is 3.05. The normalized spacial score (nSPS) is 12.9. The Hall–Kier alpha value is -3.41. The number of para-hydroxylation sites is 1.